The quantitative estimate of drug-likeness (QED) is 0.529. The number of hydrogen-bond donors (Lipinski definition) is 1. The lowest BCUT2D eigenvalue weighted by Crippen LogP contribution is -2.31. The molecule has 1 heterocycles. The lowest BCUT2D eigenvalue weighted by Gasteiger charge is -2.12. The van der Waals surface area contributed by atoms with Crippen molar-refractivity contribution in [2.75, 3.05) is 12.4 Å². The van der Waals surface area contributed by atoms with Gasteiger partial charge in [-0.3, -0.25) is 9.36 Å². The third-order valence-electron chi connectivity index (χ3n) is 3.90. The molecule has 1 amide bonds. The molecule has 0 unspecified atom stereocenters. The number of halogens is 1. The van der Waals surface area contributed by atoms with Gasteiger partial charge in [0.2, 0.25) is 5.91 Å². The van der Waals surface area contributed by atoms with E-state index in [0.29, 0.717) is 22.6 Å². The van der Waals surface area contributed by atoms with E-state index >= 15 is 0 Å². The second kappa shape index (κ2) is 9.80. The standard InChI is InChI=1S/C21H23ClN4O2S/c1-4-28-18-10-8-17(9-11-18)26-20(15-6-5-7-16(22)12-15)24-25-21(26)29-13-19(27)23-14(2)3/h5-12,14H,4,13H2,1-3H3,(H,23,27). The topological polar surface area (TPSA) is 69.0 Å². The van der Waals surface area contributed by atoms with Crippen LogP contribution in [-0.2, 0) is 4.79 Å². The molecular formula is C21H23ClN4O2S. The number of carbonyl (C=O) groups excluding carboxylic acids is 1. The number of aromatic nitrogens is 3. The molecule has 0 atom stereocenters. The number of nitrogens with zero attached hydrogens (tertiary/aromatic N) is 3. The van der Waals surface area contributed by atoms with Crippen LogP contribution in [0.3, 0.4) is 0 Å². The number of carbonyl (C=O) groups is 1. The van der Waals surface area contributed by atoms with Crippen LogP contribution >= 0.6 is 23.4 Å². The minimum absolute atomic E-state index is 0.0458. The fourth-order valence-electron chi connectivity index (χ4n) is 2.76. The molecule has 0 aliphatic rings. The molecule has 8 heteroatoms. The van der Waals surface area contributed by atoms with E-state index in [4.69, 9.17) is 16.3 Å². The maximum absolute atomic E-state index is 12.1. The summed E-state index contributed by atoms with van der Waals surface area (Å²) >= 11 is 7.51. The third-order valence-corrected chi connectivity index (χ3v) is 5.07. The summed E-state index contributed by atoms with van der Waals surface area (Å²) in [5.41, 5.74) is 1.72. The highest BCUT2D eigenvalue weighted by molar-refractivity contribution is 7.99. The van der Waals surface area contributed by atoms with Crippen molar-refractivity contribution in [3.8, 4) is 22.8 Å². The zero-order valence-electron chi connectivity index (χ0n) is 16.6. The van der Waals surface area contributed by atoms with Crippen LogP contribution in [0.25, 0.3) is 17.1 Å². The van der Waals surface area contributed by atoms with Crippen molar-refractivity contribution < 1.29 is 9.53 Å². The predicted octanol–water partition coefficient (Wildman–Crippen LogP) is 4.60. The van der Waals surface area contributed by atoms with E-state index < -0.39 is 0 Å². The fraction of sp³-hybridized carbons (Fsp3) is 0.286. The molecule has 3 aromatic rings. The molecule has 0 aliphatic heterocycles. The van der Waals surface area contributed by atoms with Crippen molar-refractivity contribution in [1.29, 1.82) is 0 Å². The van der Waals surface area contributed by atoms with Crippen molar-refractivity contribution in [3.63, 3.8) is 0 Å². The summed E-state index contributed by atoms with van der Waals surface area (Å²) in [5.74, 6) is 1.65. The Morgan fingerprint density at radius 1 is 1.21 bits per heavy atom. The fourth-order valence-corrected chi connectivity index (χ4v) is 3.72. The van der Waals surface area contributed by atoms with Gasteiger partial charge < -0.3 is 10.1 Å². The van der Waals surface area contributed by atoms with Crippen molar-refractivity contribution in [2.45, 2.75) is 32.0 Å². The molecule has 0 aliphatic carbocycles. The van der Waals surface area contributed by atoms with Gasteiger partial charge in [-0.2, -0.15) is 0 Å². The first kappa shape index (κ1) is 21.2. The summed E-state index contributed by atoms with van der Waals surface area (Å²) < 4.78 is 7.46. The second-order valence-corrected chi connectivity index (χ2v) is 7.97. The summed E-state index contributed by atoms with van der Waals surface area (Å²) in [4.78, 5) is 12.1. The van der Waals surface area contributed by atoms with Crippen LogP contribution in [0.1, 0.15) is 20.8 Å². The van der Waals surface area contributed by atoms with Gasteiger partial charge in [0.25, 0.3) is 0 Å². The highest BCUT2D eigenvalue weighted by atomic mass is 35.5. The lowest BCUT2D eigenvalue weighted by atomic mass is 10.2. The summed E-state index contributed by atoms with van der Waals surface area (Å²) in [7, 11) is 0. The molecule has 3 rings (SSSR count). The number of thioether (sulfide) groups is 1. The molecule has 2 aromatic carbocycles. The Balaban J connectivity index is 1.97. The van der Waals surface area contributed by atoms with Crippen LogP contribution in [0.4, 0.5) is 0 Å². The van der Waals surface area contributed by atoms with Gasteiger partial charge in [-0.05, 0) is 57.2 Å². The number of benzene rings is 2. The van der Waals surface area contributed by atoms with Gasteiger partial charge in [-0.25, -0.2) is 0 Å². The molecule has 0 saturated carbocycles. The Labute approximate surface area is 179 Å². The summed E-state index contributed by atoms with van der Waals surface area (Å²) in [5, 5.41) is 12.8. The first-order valence-electron chi connectivity index (χ1n) is 9.34. The Kier molecular flexibility index (Phi) is 7.17. The lowest BCUT2D eigenvalue weighted by molar-refractivity contribution is -0.119. The van der Waals surface area contributed by atoms with Crippen molar-refractivity contribution >= 4 is 29.3 Å². The van der Waals surface area contributed by atoms with Crippen LogP contribution in [0, 0.1) is 0 Å². The van der Waals surface area contributed by atoms with Gasteiger partial charge in [-0.1, -0.05) is 35.5 Å². The Hall–Kier alpha value is -2.51. The number of ether oxygens (including phenoxy) is 1. The highest BCUT2D eigenvalue weighted by Gasteiger charge is 2.18. The van der Waals surface area contributed by atoms with Gasteiger partial charge in [0, 0.05) is 22.3 Å². The van der Waals surface area contributed by atoms with Crippen LogP contribution < -0.4 is 10.1 Å². The van der Waals surface area contributed by atoms with Crippen LogP contribution in [0.15, 0.2) is 53.7 Å². The van der Waals surface area contributed by atoms with Crippen LogP contribution in [-0.4, -0.2) is 39.1 Å². The molecule has 1 aromatic heterocycles. The monoisotopic (exact) mass is 430 g/mol. The van der Waals surface area contributed by atoms with Gasteiger partial charge in [0.05, 0.1) is 12.4 Å². The largest absolute Gasteiger partial charge is 0.494 e. The van der Waals surface area contributed by atoms with E-state index in [2.05, 4.69) is 15.5 Å². The molecule has 0 fully saturated rings. The van der Waals surface area contributed by atoms with E-state index in [-0.39, 0.29) is 17.7 Å². The first-order chi connectivity index (χ1) is 14.0. The second-order valence-electron chi connectivity index (χ2n) is 6.59. The summed E-state index contributed by atoms with van der Waals surface area (Å²) in [6, 6.07) is 15.3. The maximum atomic E-state index is 12.1. The van der Waals surface area contributed by atoms with Gasteiger partial charge >= 0.3 is 0 Å². The number of amides is 1. The SMILES string of the molecule is CCOc1ccc(-n2c(SCC(=O)NC(C)C)nnc2-c2cccc(Cl)c2)cc1. The van der Waals surface area contributed by atoms with E-state index in [0.717, 1.165) is 17.0 Å². The van der Waals surface area contributed by atoms with E-state index in [1.807, 2.05) is 73.9 Å². The van der Waals surface area contributed by atoms with Crippen LogP contribution in [0.5, 0.6) is 5.75 Å². The summed E-state index contributed by atoms with van der Waals surface area (Å²) in [6.07, 6.45) is 0. The zero-order chi connectivity index (χ0) is 20.8. The molecule has 1 N–H and O–H groups in total. The molecule has 0 saturated heterocycles. The van der Waals surface area contributed by atoms with E-state index in [1.165, 1.54) is 11.8 Å². The minimum Gasteiger partial charge on any atom is -0.494 e. The van der Waals surface area contributed by atoms with Gasteiger partial charge in [-0.15, -0.1) is 10.2 Å². The molecule has 0 bridgehead atoms. The minimum atomic E-state index is -0.0458. The Morgan fingerprint density at radius 2 is 1.97 bits per heavy atom. The Morgan fingerprint density at radius 3 is 2.62 bits per heavy atom. The number of rotatable bonds is 8. The van der Waals surface area contributed by atoms with E-state index in [1.54, 1.807) is 0 Å². The predicted molar refractivity (Wildman–Crippen MR) is 117 cm³/mol. The Bertz CT molecular complexity index is 973. The van der Waals surface area contributed by atoms with Crippen molar-refractivity contribution in [1.82, 2.24) is 20.1 Å². The van der Waals surface area contributed by atoms with Gasteiger partial charge in [0.15, 0.2) is 11.0 Å². The van der Waals surface area contributed by atoms with Gasteiger partial charge in [0.1, 0.15) is 5.75 Å². The average Bonchev–Trinajstić information content (AvgIpc) is 3.11. The molecule has 6 nitrogen and oxygen atoms in total. The molecule has 0 radical (unpaired) electrons. The zero-order valence-corrected chi connectivity index (χ0v) is 18.1. The normalized spacial score (nSPS) is 10.9. The van der Waals surface area contributed by atoms with Crippen LogP contribution in [0.2, 0.25) is 5.02 Å². The number of nitrogens with one attached hydrogen (secondary N) is 1. The third kappa shape index (κ3) is 5.52. The molecule has 0 spiro atoms. The molecule has 29 heavy (non-hydrogen) atoms. The smallest absolute Gasteiger partial charge is 0.230 e. The van der Waals surface area contributed by atoms with Crippen molar-refractivity contribution in [3.05, 3.63) is 53.6 Å². The highest BCUT2D eigenvalue weighted by Crippen LogP contribution is 2.30. The first-order valence-corrected chi connectivity index (χ1v) is 10.7. The van der Waals surface area contributed by atoms with Crippen molar-refractivity contribution in [2.24, 2.45) is 0 Å². The maximum Gasteiger partial charge on any atom is 0.230 e. The molecular weight excluding hydrogens is 408 g/mol. The number of hydrogen-bond acceptors (Lipinski definition) is 5. The summed E-state index contributed by atoms with van der Waals surface area (Å²) in [6.45, 7) is 6.41. The molecule has 152 valence electrons. The van der Waals surface area contributed by atoms with E-state index in [9.17, 15) is 4.79 Å². The average molecular weight is 431 g/mol.